The highest BCUT2D eigenvalue weighted by molar-refractivity contribution is 7.87. The van der Waals surface area contributed by atoms with Gasteiger partial charge in [0.05, 0.1) is 0 Å². The Morgan fingerprint density at radius 1 is 1.37 bits per heavy atom. The summed E-state index contributed by atoms with van der Waals surface area (Å²) < 4.78 is 27.8. The van der Waals surface area contributed by atoms with Gasteiger partial charge in [0.1, 0.15) is 0 Å². The van der Waals surface area contributed by atoms with Crippen LogP contribution in [0.25, 0.3) is 0 Å². The first-order chi connectivity index (χ1) is 9.06. The molecule has 7 heteroatoms. The first kappa shape index (κ1) is 16.6. The Labute approximate surface area is 120 Å². The average molecular weight is 305 g/mol. The fourth-order valence-electron chi connectivity index (χ4n) is 1.59. The molecule has 1 heterocycles. The van der Waals surface area contributed by atoms with E-state index < -0.39 is 10.2 Å². The van der Waals surface area contributed by atoms with Crippen LogP contribution in [0.1, 0.15) is 18.9 Å². The molecule has 0 amide bonds. The lowest BCUT2D eigenvalue weighted by Gasteiger charge is -2.17. The Hall–Kier alpha value is -0.470. The molecule has 1 aromatic rings. The van der Waals surface area contributed by atoms with Crippen LogP contribution in [0.4, 0.5) is 0 Å². The molecular weight excluding hydrogens is 282 g/mol. The molecule has 0 aliphatic carbocycles. The number of hydrogen-bond acceptors (Lipinski definition) is 4. The zero-order chi connectivity index (χ0) is 14.1. The van der Waals surface area contributed by atoms with Gasteiger partial charge in [-0.2, -0.15) is 24.1 Å². The second-order valence-electron chi connectivity index (χ2n) is 4.31. The highest BCUT2D eigenvalue weighted by Gasteiger charge is 2.15. The van der Waals surface area contributed by atoms with Crippen molar-refractivity contribution in [2.45, 2.75) is 19.8 Å². The second-order valence-corrected chi connectivity index (χ2v) is 6.95. The third-order valence-electron chi connectivity index (χ3n) is 2.77. The van der Waals surface area contributed by atoms with Gasteiger partial charge < -0.3 is 5.32 Å². The molecule has 0 atom stereocenters. The lowest BCUT2D eigenvalue weighted by Crippen LogP contribution is -2.40. The van der Waals surface area contributed by atoms with E-state index in [0.29, 0.717) is 13.1 Å². The predicted molar refractivity (Wildman–Crippen MR) is 80.7 cm³/mol. The van der Waals surface area contributed by atoms with Crippen molar-refractivity contribution in [3.8, 4) is 0 Å². The summed E-state index contributed by atoms with van der Waals surface area (Å²) in [4.78, 5) is 0. The molecule has 0 fully saturated rings. The zero-order valence-electron chi connectivity index (χ0n) is 11.6. The molecule has 0 saturated heterocycles. The van der Waals surface area contributed by atoms with Crippen LogP contribution in [-0.2, 0) is 16.6 Å². The second kappa shape index (κ2) is 8.65. The van der Waals surface area contributed by atoms with Crippen LogP contribution in [0.15, 0.2) is 16.8 Å². The molecule has 1 aromatic heterocycles. The minimum absolute atomic E-state index is 0.441. The molecule has 0 aromatic carbocycles. The summed E-state index contributed by atoms with van der Waals surface area (Å²) in [6, 6.07) is 2.01. The van der Waals surface area contributed by atoms with Crippen molar-refractivity contribution < 1.29 is 8.42 Å². The fraction of sp³-hybridized carbons (Fsp3) is 0.667. The lowest BCUT2D eigenvalue weighted by molar-refractivity contribution is 0.446. The Kier molecular flexibility index (Phi) is 7.55. The van der Waals surface area contributed by atoms with E-state index in [-0.39, 0.29) is 0 Å². The molecule has 110 valence electrons. The van der Waals surface area contributed by atoms with Gasteiger partial charge >= 0.3 is 0 Å². The van der Waals surface area contributed by atoms with Crippen molar-refractivity contribution in [1.29, 1.82) is 0 Å². The van der Waals surface area contributed by atoms with Crippen molar-refractivity contribution in [2.75, 3.05) is 33.2 Å². The van der Waals surface area contributed by atoms with Crippen LogP contribution in [0, 0.1) is 0 Å². The molecule has 1 rings (SSSR count). The van der Waals surface area contributed by atoms with Crippen molar-refractivity contribution in [3.63, 3.8) is 0 Å². The predicted octanol–water partition coefficient (Wildman–Crippen LogP) is 1.06. The maximum absolute atomic E-state index is 11.9. The van der Waals surface area contributed by atoms with Crippen LogP contribution in [0.5, 0.6) is 0 Å². The first-order valence-electron chi connectivity index (χ1n) is 6.49. The summed E-state index contributed by atoms with van der Waals surface area (Å²) in [5.74, 6) is 0. The van der Waals surface area contributed by atoms with Gasteiger partial charge in [0.25, 0.3) is 10.2 Å². The molecule has 5 nitrogen and oxygen atoms in total. The lowest BCUT2D eigenvalue weighted by atomic mass is 10.2. The standard InChI is InChI=1S/C12H23N3O2S2/c1-3-13-7-4-9-15(2)19(16,17)14-8-5-12-6-10-18-11-12/h6,10-11,13-14H,3-5,7-9H2,1-2H3. The van der Waals surface area contributed by atoms with Crippen LogP contribution in [0.3, 0.4) is 0 Å². The van der Waals surface area contributed by atoms with Crippen molar-refractivity contribution in [3.05, 3.63) is 22.4 Å². The largest absolute Gasteiger partial charge is 0.317 e. The molecule has 2 N–H and O–H groups in total. The molecule has 0 aliphatic heterocycles. The molecule has 0 aliphatic rings. The van der Waals surface area contributed by atoms with Gasteiger partial charge in [-0.25, -0.2) is 4.72 Å². The Morgan fingerprint density at radius 3 is 2.79 bits per heavy atom. The van der Waals surface area contributed by atoms with E-state index in [0.717, 1.165) is 25.9 Å². The van der Waals surface area contributed by atoms with Crippen molar-refractivity contribution in [1.82, 2.24) is 14.3 Å². The molecule has 0 bridgehead atoms. The summed E-state index contributed by atoms with van der Waals surface area (Å²) in [6.45, 7) is 4.75. The van der Waals surface area contributed by atoms with E-state index in [9.17, 15) is 8.42 Å². The van der Waals surface area contributed by atoms with Gasteiger partial charge in [-0.05, 0) is 48.3 Å². The van der Waals surface area contributed by atoms with E-state index in [1.165, 1.54) is 9.87 Å². The van der Waals surface area contributed by atoms with Gasteiger partial charge in [-0.15, -0.1) is 0 Å². The summed E-state index contributed by atoms with van der Waals surface area (Å²) in [5.41, 5.74) is 1.17. The maximum Gasteiger partial charge on any atom is 0.279 e. The summed E-state index contributed by atoms with van der Waals surface area (Å²) in [6.07, 6.45) is 1.55. The van der Waals surface area contributed by atoms with Crippen LogP contribution in [0.2, 0.25) is 0 Å². The van der Waals surface area contributed by atoms with Gasteiger partial charge in [-0.3, -0.25) is 0 Å². The smallest absolute Gasteiger partial charge is 0.279 e. The van der Waals surface area contributed by atoms with Crippen LogP contribution < -0.4 is 10.0 Å². The van der Waals surface area contributed by atoms with Crippen LogP contribution in [-0.4, -0.2) is 45.9 Å². The van der Waals surface area contributed by atoms with Crippen molar-refractivity contribution in [2.24, 2.45) is 0 Å². The zero-order valence-corrected chi connectivity index (χ0v) is 13.2. The molecule has 0 unspecified atom stereocenters. The molecular formula is C12H23N3O2S2. The van der Waals surface area contributed by atoms with E-state index in [2.05, 4.69) is 10.0 Å². The molecule has 0 spiro atoms. The highest BCUT2D eigenvalue weighted by atomic mass is 32.2. The topological polar surface area (TPSA) is 61.4 Å². The number of nitrogens with zero attached hydrogens (tertiary/aromatic N) is 1. The monoisotopic (exact) mass is 305 g/mol. The van der Waals surface area contributed by atoms with E-state index in [4.69, 9.17) is 0 Å². The fourth-order valence-corrected chi connectivity index (χ4v) is 3.25. The van der Waals surface area contributed by atoms with Gasteiger partial charge in [0, 0.05) is 20.1 Å². The van der Waals surface area contributed by atoms with Gasteiger partial charge in [-0.1, -0.05) is 6.92 Å². The highest BCUT2D eigenvalue weighted by Crippen LogP contribution is 2.06. The third kappa shape index (κ3) is 6.49. The number of nitrogens with one attached hydrogen (secondary N) is 2. The SMILES string of the molecule is CCNCCCN(C)S(=O)(=O)NCCc1ccsc1. The van der Waals surface area contributed by atoms with Gasteiger partial charge in [0.15, 0.2) is 0 Å². The summed E-state index contributed by atoms with van der Waals surface area (Å²) in [7, 11) is -1.73. The van der Waals surface area contributed by atoms with E-state index >= 15 is 0 Å². The minimum atomic E-state index is -3.34. The quantitative estimate of drug-likeness (QED) is 0.635. The first-order valence-corrected chi connectivity index (χ1v) is 8.87. The Balaban J connectivity index is 2.25. The number of thiophene rings is 1. The maximum atomic E-state index is 11.9. The molecule has 0 radical (unpaired) electrons. The van der Waals surface area contributed by atoms with Gasteiger partial charge in [0.2, 0.25) is 0 Å². The Morgan fingerprint density at radius 2 is 2.16 bits per heavy atom. The molecule has 0 saturated carbocycles. The number of hydrogen-bond donors (Lipinski definition) is 2. The summed E-state index contributed by atoms with van der Waals surface area (Å²) >= 11 is 1.62. The average Bonchev–Trinajstić information content (AvgIpc) is 2.87. The van der Waals surface area contributed by atoms with Crippen molar-refractivity contribution >= 4 is 21.5 Å². The normalized spacial score (nSPS) is 12.2. The number of rotatable bonds is 10. The summed E-state index contributed by atoms with van der Waals surface area (Å²) in [5, 5.41) is 7.21. The van der Waals surface area contributed by atoms with E-state index in [1.807, 2.05) is 23.8 Å². The Bertz CT molecular complexity index is 432. The van der Waals surface area contributed by atoms with E-state index in [1.54, 1.807) is 18.4 Å². The minimum Gasteiger partial charge on any atom is -0.317 e. The third-order valence-corrected chi connectivity index (χ3v) is 5.07. The molecule has 19 heavy (non-hydrogen) atoms. The van der Waals surface area contributed by atoms with Crippen LogP contribution >= 0.6 is 11.3 Å².